The first kappa shape index (κ1) is 18.7. The average Bonchev–Trinajstić information content (AvgIpc) is 2.74. The SMILES string of the molecule is COc1ccc(C(=O)N2CCN(C(C#N)c3cccc(OC)c3)CC2)cc1. The molecule has 1 aliphatic heterocycles. The van der Waals surface area contributed by atoms with Gasteiger partial charge in [-0.1, -0.05) is 12.1 Å². The van der Waals surface area contributed by atoms with Crippen LogP contribution in [0, 0.1) is 11.3 Å². The van der Waals surface area contributed by atoms with E-state index in [-0.39, 0.29) is 11.9 Å². The Morgan fingerprint density at radius 1 is 1.00 bits per heavy atom. The molecule has 6 nitrogen and oxygen atoms in total. The zero-order valence-corrected chi connectivity index (χ0v) is 15.6. The van der Waals surface area contributed by atoms with Crippen molar-refractivity contribution < 1.29 is 14.3 Å². The summed E-state index contributed by atoms with van der Waals surface area (Å²) in [6, 6.07) is 16.8. The largest absolute Gasteiger partial charge is 0.497 e. The number of hydrogen-bond donors (Lipinski definition) is 0. The molecule has 0 aromatic heterocycles. The summed E-state index contributed by atoms with van der Waals surface area (Å²) in [5.74, 6) is 1.47. The summed E-state index contributed by atoms with van der Waals surface area (Å²) in [4.78, 5) is 16.6. The molecule has 0 bridgehead atoms. The number of ether oxygens (including phenoxy) is 2. The fraction of sp³-hybridized carbons (Fsp3) is 0.333. The number of hydrogen-bond acceptors (Lipinski definition) is 5. The molecule has 1 atom stereocenters. The standard InChI is InChI=1S/C21H23N3O3/c1-26-18-8-6-16(7-9-18)21(25)24-12-10-23(11-13-24)20(15-22)17-4-3-5-19(14-17)27-2/h3-9,14,20H,10-13H2,1-2H3. The summed E-state index contributed by atoms with van der Waals surface area (Å²) >= 11 is 0. The number of carbonyl (C=O) groups is 1. The molecule has 0 aliphatic carbocycles. The highest BCUT2D eigenvalue weighted by atomic mass is 16.5. The molecule has 6 heteroatoms. The van der Waals surface area contributed by atoms with Gasteiger partial charge in [-0.05, 0) is 42.0 Å². The first-order valence-corrected chi connectivity index (χ1v) is 8.87. The van der Waals surface area contributed by atoms with Gasteiger partial charge in [0.05, 0.1) is 20.3 Å². The van der Waals surface area contributed by atoms with E-state index in [1.54, 1.807) is 38.5 Å². The molecule has 2 aromatic carbocycles. The van der Waals surface area contributed by atoms with Crippen molar-refractivity contribution in [1.29, 1.82) is 5.26 Å². The lowest BCUT2D eigenvalue weighted by molar-refractivity contribution is 0.0606. The van der Waals surface area contributed by atoms with Gasteiger partial charge in [-0.25, -0.2) is 0 Å². The van der Waals surface area contributed by atoms with Gasteiger partial charge in [-0.15, -0.1) is 0 Å². The maximum atomic E-state index is 12.7. The van der Waals surface area contributed by atoms with Crippen molar-refractivity contribution in [3.8, 4) is 17.6 Å². The van der Waals surface area contributed by atoms with E-state index in [0.29, 0.717) is 31.7 Å². The second kappa shape index (κ2) is 8.56. The van der Waals surface area contributed by atoms with Gasteiger partial charge in [0.2, 0.25) is 0 Å². The smallest absolute Gasteiger partial charge is 0.253 e. The second-order valence-corrected chi connectivity index (χ2v) is 6.36. The van der Waals surface area contributed by atoms with E-state index in [4.69, 9.17) is 9.47 Å². The van der Waals surface area contributed by atoms with Crippen LogP contribution in [0.25, 0.3) is 0 Å². The Morgan fingerprint density at radius 2 is 1.67 bits per heavy atom. The summed E-state index contributed by atoms with van der Waals surface area (Å²) in [7, 11) is 3.22. The van der Waals surface area contributed by atoms with Crippen LogP contribution in [0.1, 0.15) is 22.0 Å². The van der Waals surface area contributed by atoms with Crippen LogP contribution in [0.3, 0.4) is 0 Å². The molecule has 0 N–H and O–H groups in total. The van der Waals surface area contributed by atoms with Crippen molar-refractivity contribution in [1.82, 2.24) is 9.80 Å². The van der Waals surface area contributed by atoms with Gasteiger partial charge in [0.15, 0.2) is 0 Å². The summed E-state index contributed by atoms with van der Waals surface area (Å²) < 4.78 is 10.4. The van der Waals surface area contributed by atoms with Crippen molar-refractivity contribution in [3.63, 3.8) is 0 Å². The molecular weight excluding hydrogens is 342 g/mol. The van der Waals surface area contributed by atoms with Crippen molar-refractivity contribution >= 4 is 5.91 Å². The van der Waals surface area contributed by atoms with Gasteiger partial charge < -0.3 is 14.4 Å². The first-order valence-electron chi connectivity index (χ1n) is 8.87. The minimum Gasteiger partial charge on any atom is -0.497 e. The number of nitrogens with zero attached hydrogens (tertiary/aromatic N) is 3. The average molecular weight is 365 g/mol. The highest BCUT2D eigenvalue weighted by Gasteiger charge is 2.27. The Kier molecular flexibility index (Phi) is 5.94. The van der Waals surface area contributed by atoms with Crippen LogP contribution in [-0.4, -0.2) is 56.1 Å². The van der Waals surface area contributed by atoms with Gasteiger partial charge in [0.25, 0.3) is 5.91 Å². The van der Waals surface area contributed by atoms with Gasteiger partial charge in [0, 0.05) is 31.7 Å². The predicted molar refractivity (Wildman–Crippen MR) is 102 cm³/mol. The van der Waals surface area contributed by atoms with E-state index in [1.165, 1.54) is 0 Å². The number of carbonyl (C=O) groups excluding carboxylic acids is 1. The molecule has 1 heterocycles. The molecule has 140 valence electrons. The summed E-state index contributed by atoms with van der Waals surface area (Å²) in [5, 5.41) is 9.67. The Labute approximate surface area is 159 Å². The Bertz CT molecular complexity index is 821. The fourth-order valence-electron chi connectivity index (χ4n) is 3.28. The lowest BCUT2D eigenvalue weighted by Crippen LogP contribution is -2.49. The molecule has 1 unspecified atom stereocenters. The number of amides is 1. The molecule has 1 fully saturated rings. The topological polar surface area (TPSA) is 65.8 Å². The normalized spacial score (nSPS) is 15.7. The van der Waals surface area contributed by atoms with Crippen LogP contribution in [-0.2, 0) is 0 Å². The van der Waals surface area contributed by atoms with Crippen LogP contribution in [0.5, 0.6) is 11.5 Å². The van der Waals surface area contributed by atoms with E-state index >= 15 is 0 Å². The number of benzene rings is 2. The highest BCUT2D eigenvalue weighted by molar-refractivity contribution is 5.94. The molecule has 1 aliphatic rings. The fourth-order valence-corrected chi connectivity index (χ4v) is 3.28. The molecule has 0 radical (unpaired) electrons. The van der Waals surface area contributed by atoms with E-state index in [9.17, 15) is 10.1 Å². The van der Waals surface area contributed by atoms with E-state index in [2.05, 4.69) is 11.0 Å². The maximum absolute atomic E-state index is 12.7. The zero-order chi connectivity index (χ0) is 19.2. The third-order valence-electron chi connectivity index (χ3n) is 4.84. The van der Waals surface area contributed by atoms with Gasteiger partial charge in [-0.2, -0.15) is 5.26 Å². The van der Waals surface area contributed by atoms with E-state index in [0.717, 1.165) is 17.1 Å². The number of nitriles is 1. The zero-order valence-electron chi connectivity index (χ0n) is 15.6. The van der Waals surface area contributed by atoms with Crippen LogP contribution < -0.4 is 9.47 Å². The highest BCUT2D eigenvalue weighted by Crippen LogP contribution is 2.25. The lowest BCUT2D eigenvalue weighted by Gasteiger charge is -2.37. The molecule has 1 saturated heterocycles. The quantitative estimate of drug-likeness (QED) is 0.815. The van der Waals surface area contributed by atoms with E-state index < -0.39 is 0 Å². The third kappa shape index (κ3) is 4.21. The van der Waals surface area contributed by atoms with Crippen LogP contribution >= 0.6 is 0 Å². The van der Waals surface area contributed by atoms with Crippen LogP contribution in [0.2, 0.25) is 0 Å². The van der Waals surface area contributed by atoms with Crippen LogP contribution in [0.4, 0.5) is 0 Å². The van der Waals surface area contributed by atoms with Crippen molar-refractivity contribution in [3.05, 3.63) is 59.7 Å². The Balaban J connectivity index is 1.64. The Hall–Kier alpha value is -3.04. The summed E-state index contributed by atoms with van der Waals surface area (Å²) in [5.41, 5.74) is 1.56. The molecule has 3 rings (SSSR count). The van der Waals surface area contributed by atoms with Crippen molar-refractivity contribution in [2.45, 2.75) is 6.04 Å². The third-order valence-corrected chi connectivity index (χ3v) is 4.84. The molecular formula is C21H23N3O3. The van der Waals surface area contributed by atoms with Gasteiger partial charge >= 0.3 is 0 Å². The van der Waals surface area contributed by atoms with E-state index in [1.807, 2.05) is 29.2 Å². The molecule has 2 aromatic rings. The molecule has 0 saturated carbocycles. The number of methoxy groups -OCH3 is 2. The molecule has 27 heavy (non-hydrogen) atoms. The molecule has 1 amide bonds. The monoisotopic (exact) mass is 365 g/mol. The predicted octanol–water partition coefficient (Wildman–Crippen LogP) is 2.73. The Morgan fingerprint density at radius 3 is 2.26 bits per heavy atom. The lowest BCUT2D eigenvalue weighted by atomic mass is 10.0. The van der Waals surface area contributed by atoms with Gasteiger partial charge in [-0.3, -0.25) is 9.69 Å². The van der Waals surface area contributed by atoms with Crippen molar-refractivity contribution in [2.75, 3.05) is 40.4 Å². The van der Waals surface area contributed by atoms with Crippen LogP contribution in [0.15, 0.2) is 48.5 Å². The van der Waals surface area contributed by atoms with Gasteiger partial charge in [0.1, 0.15) is 17.5 Å². The molecule has 0 spiro atoms. The number of rotatable bonds is 5. The first-order chi connectivity index (χ1) is 13.2. The minimum absolute atomic E-state index is 0.00666. The number of piperazine rings is 1. The second-order valence-electron chi connectivity index (χ2n) is 6.36. The summed E-state index contributed by atoms with van der Waals surface area (Å²) in [6.45, 7) is 2.48. The van der Waals surface area contributed by atoms with Crippen molar-refractivity contribution in [2.24, 2.45) is 0 Å². The summed E-state index contributed by atoms with van der Waals surface area (Å²) in [6.07, 6.45) is 0. The minimum atomic E-state index is -0.349. The maximum Gasteiger partial charge on any atom is 0.253 e.